The minimum absolute atomic E-state index is 0.204. The summed E-state index contributed by atoms with van der Waals surface area (Å²) in [6, 6.07) is 5.33. The van der Waals surface area contributed by atoms with Gasteiger partial charge < -0.3 is 9.47 Å². The zero-order valence-corrected chi connectivity index (χ0v) is 9.89. The molecular weight excluding hydrogens is 235 g/mol. The minimum atomic E-state index is -0.362. The fraction of sp³-hybridized carbons (Fsp3) is 0.455. The average Bonchev–Trinajstić information content (AvgIpc) is 2.17. The van der Waals surface area contributed by atoms with Crippen LogP contribution in [0.5, 0.6) is 0 Å². The van der Waals surface area contributed by atoms with Crippen molar-refractivity contribution < 1.29 is 9.47 Å². The van der Waals surface area contributed by atoms with Crippen LogP contribution in [-0.4, -0.2) is 12.7 Å². The first-order valence-corrected chi connectivity index (χ1v) is 5.64. The largest absolute Gasteiger partial charge is 0.348 e. The maximum absolute atomic E-state index is 6.07. The number of ether oxygens (including phenoxy) is 2. The molecule has 15 heavy (non-hydrogen) atoms. The smallest absolute Gasteiger partial charge is 0.185 e. The highest BCUT2D eigenvalue weighted by atomic mass is 35.5. The van der Waals surface area contributed by atoms with Gasteiger partial charge in [0.15, 0.2) is 6.29 Å². The molecule has 0 amide bonds. The van der Waals surface area contributed by atoms with Gasteiger partial charge in [-0.3, -0.25) is 0 Å². The number of benzene rings is 1. The van der Waals surface area contributed by atoms with Gasteiger partial charge >= 0.3 is 0 Å². The van der Waals surface area contributed by atoms with Gasteiger partial charge in [0.2, 0.25) is 0 Å². The van der Waals surface area contributed by atoms with E-state index in [1.54, 1.807) is 12.1 Å². The van der Waals surface area contributed by atoms with Crippen LogP contribution in [0.1, 0.15) is 25.2 Å². The van der Waals surface area contributed by atoms with Crippen LogP contribution in [0, 0.1) is 0 Å². The van der Waals surface area contributed by atoms with Crippen LogP contribution < -0.4 is 0 Å². The second-order valence-corrected chi connectivity index (χ2v) is 4.45. The van der Waals surface area contributed by atoms with Gasteiger partial charge in [0.05, 0.1) is 17.7 Å². The number of hydrogen-bond acceptors (Lipinski definition) is 2. The molecule has 1 heterocycles. The van der Waals surface area contributed by atoms with Crippen LogP contribution in [-0.2, 0) is 9.47 Å². The van der Waals surface area contributed by atoms with Crippen molar-refractivity contribution in [3.8, 4) is 0 Å². The van der Waals surface area contributed by atoms with Crippen molar-refractivity contribution in [1.82, 2.24) is 0 Å². The highest BCUT2D eigenvalue weighted by molar-refractivity contribution is 6.35. The van der Waals surface area contributed by atoms with E-state index in [0.717, 1.165) is 12.0 Å². The van der Waals surface area contributed by atoms with E-state index in [9.17, 15) is 0 Å². The van der Waals surface area contributed by atoms with E-state index in [-0.39, 0.29) is 12.4 Å². The summed E-state index contributed by atoms with van der Waals surface area (Å²) in [6.07, 6.45) is 0.760. The van der Waals surface area contributed by atoms with Crippen LogP contribution in [0.15, 0.2) is 18.2 Å². The Bertz CT molecular complexity index is 354. The fourth-order valence-electron chi connectivity index (χ4n) is 1.52. The van der Waals surface area contributed by atoms with Crippen LogP contribution in [0.25, 0.3) is 0 Å². The second kappa shape index (κ2) is 4.71. The molecule has 1 aromatic carbocycles. The SMILES string of the molecule is CC1CCOC(c2ccc(Cl)cc2Cl)O1. The molecule has 82 valence electrons. The molecule has 0 aromatic heterocycles. The molecular formula is C11H12Cl2O2. The molecule has 1 aliphatic heterocycles. The molecule has 1 aromatic rings. The summed E-state index contributed by atoms with van der Waals surface area (Å²) < 4.78 is 11.1. The van der Waals surface area contributed by atoms with Crippen LogP contribution >= 0.6 is 23.2 Å². The maximum Gasteiger partial charge on any atom is 0.185 e. The molecule has 1 aliphatic rings. The van der Waals surface area contributed by atoms with Gasteiger partial charge in [-0.25, -0.2) is 0 Å². The minimum Gasteiger partial charge on any atom is -0.348 e. The Morgan fingerprint density at radius 2 is 2.13 bits per heavy atom. The predicted molar refractivity (Wildman–Crippen MR) is 60.3 cm³/mol. The van der Waals surface area contributed by atoms with E-state index in [0.29, 0.717) is 16.7 Å². The lowest BCUT2D eigenvalue weighted by Gasteiger charge is -2.28. The van der Waals surface area contributed by atoms with Crippen molar-refractivity contribution in [2.45, 2.75) is 25.7 Å². The molecule has 2 rings (SSSR count). The topological polar surface area (TPSA) is 18.5 Å². The molecule has 0 aliphatic carbocycles. The van der Waals surface area contributed by atoms with Crippen LogP contribution in [0.4, 0.5) is 0 Å². The van der Waals surface area contributed by atoms with Gasteiger partial charge in [0.25, 0.3) is 0 Å². The molecule has 1 saturated heterocycles. The Labute approximate surface area is 99.1 Å². The van der Waals surface area contributed by atoms with Crippen molar-refractivity contribution >= 4 is 23.2 Å². The van der Waals surface area contributed by atoms with Gasteiger partial charge in [-0.05, 0) is 25.5 Å². The Hall–Kier alpha value is -0.280. The molecule has 0 spiro atoms. The summed E-state index contributed by atoms with van der Waals surface area (Å²) in [6.45, 7) is 2.73. The molecule has 0 bridgehead atoms. The van der Waals surface area contributed by atoms with Gasteiger partial charge in [0, 0.05) is 10.6 Å². The van der Waals surface area contributed by atoms with Crippen molar-refractivity contribution in [2.24, 2.45) is 0 Å². The van der Waals surface area contributed by atoms with Gasteiger partial charge in [-0.2, -0.15) is 0 Å². The zero-order valence-electron chi connectivity index (χ0n) is 8.37. The first kappa shape index (κ1) is 11.2. The van der Waals surface area contributed by atoms with Crippen LogP contribution in [0.2, 0.25) is 10.0 Å². The molecule has 2 unspecified atom stereocenters. The van der Waals surface area contributed by atoms with E-state index in [2.05, 4.69) is 0 Å². The normalized spacial score (nSPS) is 26.6. The fourth-order valence-corrected chi connectivity index (χ4v) is 2.01. The average molecular weight is 247 g/mol. The quantitative estimate of drug-likeness (QED) is 0.751. The molecule has 2 nitrogen and oxygen atoms in total. The maximum atomic E-state index is 6.07. The molecule has 4 heteroatoms. The zero-order chi connectivity index (χ0) is 10.8. The third kappa shape index (κ3) is 2.64. The van der Waals surface area contributed by atoms with E-state index in [4.69, 9.17) is 32.7 Å². The Kier molecular flexibility index (Phi) is 3.52. The standard InChI is InChI=1S/C11H12Cl2O2/c1-7-4-5-14-11(15-7)9-3-2-8(12)6-10(9)13/h2-3,6-7,11H,4-5H2,1H3. The van der Waals surface area contributed by atoms with E-state index in [1.807, 2.05) is 13.0 Å². The second-order valence-electron chi connectivity index (χ2n) is 3.60. The number of halogens is 2. The highest BCUT2D eigenvalue weighted by Crippen LogP contribution is 2.32. The lowest BCUT2D eigenvalue weighted by molar-refractivity contribution is -0.212. The van der Waals surface area contributed by atoms with Gasteiger partial charge in [-0.15, -0.1) is 0 Å². The summed E-state index contributed by atoms with van der Waals surface area (Å²) in [4.78, 5) is 0. The third-order valence-corrected chi connectivity index (χ3v) is 2.93. The number of hydrogen-bond donors (Lipinski definition) is 0. The summed E-state index contributed by atoms with van der Waals surface area (Å²) in [5.41, 5.74) is 0.840. The lowest BCUT2D eigenvalue weighted by Crippen LogP contribution is -2.24. The summed E-state index contributed by atoms with van der Waals surface area (Å²) in [5, 5.41) is 1.20. The third-order valence-electron chi connectivity index (χ3n) is 2.37. The first-order chi connectivity index (χ1) is 7.16. The number of rotatable bonds is 1. The Morgan fingerprint density at radius 1 is 1.33 bits per heavy atom. The lowest BCUT2D eigenvalue weighted by atomic mass is 10.2. The summed E-state index contributed by atoms with van der Waals surface area (Å²) in [7, 11) is 0. The summed E-state index contributed by atoms with van der Waals surface area (Å²) >= 11 is 11.9. The van der Waals surface area contributed by atoms with Crippen molar-refractivity contribution in [1.29, 1.82) is 0 Å². The predicted octanol–water partition coefficient (Wildman–Crippen LogP) is 3.82. The van der Waals surface area contributed by atoms with E-state index in [1.165, 1.54) is 0 Å². The van der Waals surface area contributed by atoms with Crippen molar-refractivity contribution in [3.05, 3.63) is 33.8 Å². The van der Waals surface area contributed by atoms with Crippen LogP contribution in [0.3, 0.4) is 0 Å². The first-order valence-electron chi connectivity index (χ1n) is 4.89. The Balaban J connectivity index is 2.21. The van der Waals surface area contributed by atoms with E-state index < -0.39 is 0 Å². The van der Waals surface area contributed by atoms with Gasteiger partial charge in [-0.1, -0.05) is 29.3 Å². The monoisotopic (exact) mass is 246 g/mol. The molecule has 2 atom stereocenters. The summed E-state index contributed by atoms with van der Waals surface area (Å²) in [5.74, 6) is 0. The molecule has 1 fully saturated rings. The highest BCUT2D eigenvalue weighted by Gasteiger charge is 2.23. The molecule has 0 radical (unpaired) electrons. The van der Waals surface area contributed by atoms with E-state index >= 15 is 0 Å². The van der Waals surface area contributed by atoms with Crippen molar-refractivity contribution in [2.75, 3.05) is 6.61 Å². The molecule has 0 N–H and O–H groups in total. The van der Waals surface area contributed by atoms with Gasteiger partial charge in [0.1, 0.15) is 0 Å². The van der Waals surface area contributed by atoms with Crippen molar-refractivity contribution in [3.63, 3.8) is 0 Å². The molecule has 0 saturated carbocycles. The Morgan fingerprint density at radius 3 is 2.80 bits per heavy atom.